The van der Waals surface area contributed by atoms with E-state index in [1.807, 2.05) is 24.3 Å². The molecule has 31 heavy (non-hydrogen) atoms. The van der Waals surface area contributed by atoms with Gasteiger partial charge in [-0.2, -0.15) is 0 Å². The van der Waals surface area contributed by atoms with Gasteiger partial charge in [-0.3, -0.25) is 0 Å². The highest BCUT2D eigenvalue weighted by Gasteiger charge is 2.47. The zero-order chi connectivity index (χ0) is 21.8. The van der Waals surface area contributed by atoms with Gasteiger partial charge in [0, 0.05) is 28.2 Å². The third kappa shape index (κ3) is 2.93. The van der Waals surface area contributed by atoms with Crippen molar-refractivity contribution in [3.05, 3.63) is 78.5 Å². The van der Waals surface area contributed by atoms with Crippen molar-refractivity contribution in [1.29, 1.82) is 0 Å². The molecular formula is C25H28N6. The molecule has 1 aliphatic heterocycles. The van der Waals surface area contributed by atoms with Crippen LogP contribution in [-0.4, -0.2) is 50.6 Å². The van der Waals surface area contributed by atoms with Crippen LogP contribution >= 0.6 is 0 Å². The Hall–Kier alpha value is -3.54. The number of benzene rings is 2. The maximum absolute atomic E-state index is 4.96. The van der Waals surface area contributed by atoms with Gasteiger partial charge in [-0.25, -0.2) is 9.98 Å². The molecule has 0 N–H and O–H groups in total. The quantitative estimate of drug-likeness (QED) is 0.641. The molecule has 3 aromatic rings. The summed E-state index contributed by atoms with van der Waals surface area (Å²) in [7, 11) is 8.33. The third-order valence-corrected chi connectivity index (χ3v) is 6.70. The number of aryl methyl sites for hydroxylation is 2. The topological polar surface area (TPSA) is 41.1 Å². The lowest BCUT2D eigenvalue weighted by atomic mass is 9.88. The number of imidazole rings is 1. The maximum atomic E-state index is 4.96. The number of hydrogen-bond donors (Lipinski definition) is 0. The number of para-hydroxylation sites is 2. The lowest BCUT2D eigenvalue weighted by Gasteiger charge is -2.34. The van der Waals surface area contributed by atoms with Gasteiger partial charge in [0.1, 0.15) is 0 Å². The van der Waals surface area contributed by atoms with Gasteiger partial charge < -0.3 is 18.9 Å². The fraction of sp³-hybridized carbons (Fsp3) is 0.280. The van der Waals surface area contributed by atoms with Crippen LogP contribution in [0.1, 0.15) is 6.92 Å². The summed E-state index contributed by atoms with van der Waals surface area (Å²) in [5.41, 5.74) is 4.98. The largest absolute Gasteiger partial charge is 0.336 e. The fourth-order valence-corrected chi connectivity index (χ4v) is 4.73. The molecule has 1 aliphatic carbocycles. The number of allylic oxidation sites excluding steroid dienone is 2. The van der Waals surface area contributed by atoms with E-state index in [0.717, 1.165) is 34.0 Å². The molecule has 5 rings (SSSR count). The number of hydrogen-bond acceptors (Lipinski definition) is 2. The van der Waals surface area contributed by atoms with Crippen molar-refractivity contribution in [1.82, 2.24) is 18.9 Å². The summed E-state index contributed by atoms with van der Waals surface area (Å²) in [6, 6.07) is 16.7. The van der Waals surface area contributed by atoms with E-state index in [4.69, 9.17) is 9.98 Å². The molecule has 2 aliphatic rings. The van der Waals surface area contributed by atoms with Crippen molar-refractivity contribution in [2.24, 2.45) is 24.1 Å². The second-order valence-electron chi connectivity index (χ2n) is 8.53. The van der Waals surface area contributed by atoms with E-state index < -0.39 is 0 Å². The van der Waals surface area contributed by atoms with E-state index in [9.17, 15) is 0 Å². The second-order valence-corrected chi connectivity index (χ2v) is 8.53. The van der Waals surface area contributed by atoms with Crippen molar-refractivity contribution >= 4 is 28.4 Å². The number of rotatable bonds is 2. The number of likely N-dealkylation sites (N-methyl/N-ethyl adjacent to an activating group) is 2. The van der Waals surface area contributed by atoms with Crippen molar-refractivity contribution in [3.63, 3.8) is 0 Å². The Morgan fingerprint density at radius 2 is 1.35 bits per heavy atom. The van der Waals surface area contributed by atoms with Crippen LogP contribution in [0.3, 0.4) is 0 Å². The molecule has 0 radical (unpaired) electrons. The van der Waals surface area contributed by atoms with E-state index in [-0.39, 0.29) is 11.6 Å². The number of aliphatic imine (C=N–C) groups is 1. The molecule has 1 aromatic heterocycles. The first-order valence-electron chi connectivity index (χ1n) is 10.6. The third-order valence-electron chi connectivity index (χ3n) is 6.70. The Labute approximate surface area is 182 Å². The van der Waals surface area contributed by atoms with Gasteiger partial charge in [0.15, 0.2) is 0 Å². The molecule has 2 unspecified atom stereocenters. The molecule has 2 atom stereocenters. The van der Waals surface area contributed by atoms with Crippen LogP contribution in [0.15, 0.2) is 82.8 Å². The number of aromatic nitrogens is 2. The van der Waals surface area contributed by atoms with Gasteiger partial charge >= 0.3 is 0 Å². The van der Waals surface area contributed by atoms with Gasteiger partial charge in [-0.05, 0) is 43.3 Å². The Kier molecular flexibility index (Phi) is 4.39. The molecule has 158 valence electrons. The monoisotopic (exact) mass is 412 g/mol. The molecule has 0 bridgehead atoms. The Bertz CT molecular complexity index is 1260. The van der Waals surface area contributed by atoms with Gasteiger partial charge in [-0.1, -0.05) is 36.4 Å². The van der Waals surface area contributed by atoms with Crippen LogP contribution in [0.4, 0.5) is 11.4 Å². The molecule has 1 fully saturated rings. The van der Waals surface area contributed by atoms with E-state index >= 15 is 0 Å². The molecule has 2 heterocycles. The lowest BCUT2D eigenvalue weighted by Crippen LogP contribution is -2.45. The number of nitrogens with zero attached hydrogens (tertiary/aromatic N) is 6. The Balaban J connectivity index is 1.49. The van der Waals surface area contributed by atoms with Crippen LogP contribution < -0.4 is 5.62 Å². The molecule has 0 saturated carbocycles. The first kappa shape index (κ1) is 19.4. The minimum atomic E-state index is -0.0824. The predicted molar refractivity (Wildman–Crippen MR) is 127 cm³/mol. The average Bonchev–Trinajstić information content (AvgIpc) is 3.13. The zero-order valence-corrected chi connectivity index (χ0v) is 18.7. The fourth-order valence-electron chi connectivity index (χ4n) is 4.73. The highest BCUT2D eigenvalue weighted by molar-refractivity contribution is 5.87. The first-order chi connectivity index (χ1) is 14.9. The summed E-state index contributed by atoms with van der Waals surface area (Å²) >= 11 is 0. The molecule has 1 saturated heterocycles. The normalized spacial score (nSPS) is 23.8. The number of fused-ring (bicyclic) bond motifs is 2. The van der Waals surface area contributed by atoms with E-state index in [2.05, 4.69) is 103 Å². The molecule has 0 spiro atoms. The summed E-state index contributed by atoms with van der Waals surface area (Å²) in [4.78, 5) is 14.3. The van der Waals surface area contributed by atoms with Gasteiger partial charge in [-0.15, -0.1) is 0 Å². The highest BCUT2D eigenvalue weighted by atomic mass is 15.5. The SMILES string of the molecule is CN1C(=Nc2ccc(N=c3n(C)c4ccccc4n3C)cc2)N(C)C2(C)C=CC=CC12. The minimum absolute atomic E-state index is 0.0824. The van der Waals surface area contributed by atoms with Crippen molar-refractivity contribution in [2.75, 3.05) is 14.1 Å². The second kappa shape index (κ2) is 7.01. The van der Waals surface area contributed by atoms with Crippen molar-refractivity contribution in [3.8, 4) is 0 Å². The van der Waals surface area contributed by atoms with E-state index in [1.54, 1.807) is 0 Å². The maximum Gasteiger partial charge on any atom is 0.210 e. The summed E-state index contributed by atoms with van der Waals surface area (Å²) in [5, 5.41) is 0. The Morgan fingerprint density at radius 3 is 1.94 bits per heavy atom. The molecular weight excluding hydrogens is 384 g/mol. The summed E-state index contributed by atoms with van der Waals surface area (Å²) in [6.07, 6.45) is 8.73. The van der Waals surface area contributed by atoms with Crippen LogP contribution in [0.2, 0.25) is 0 Å². The molecule has 6 nitrogen and oxygen atoms in total. The van der Waals surface area contributed by atoms with Crippen LogP contribution in [-0.2, 0) is 14.1 Å². The van der Waals surface area contributed by atoms with Gasteiger partial charge in [0.05, 0.1) is 34.0 Å². The van der Waals surface area contributed by atoms with Crippen LogP contribution in [0, 0.1) is 0 Å². The number of guanidine groups is 1. The summed E-state index contributed by atoms with van der Waals surface area (Å²) in [5.74, 6) is 0.966. The van der Waals surface area contributed by atoms with Crippen molar-refractivity contribution < 1.29 is 0 Å². The van der Waals surface area contributed by atoms with Crippen molar-refractivity contribution in [2.45, 2.75) is 18.5 Å². The predicted octanol–water partition coefficient (Wildman–Crippen LogP) is 3.87. The summed E-state index contributed by atoms with van der Waals surface area (Å²) in [6.45, 7) is 2.25. The van der Waals surface area contributed by atoms with Crippen LogP contribution in [0.5, 0.6) is 0 Å². The standard InChI is InChI=1S/C25H28N6/c1-25-17-9-8-12-22(25)30(4)24(31(25)5)27-19-15-13-18(14-16-19)26-23-28(2)20-10-6-7-11-21(20)29(23)3/h6-17,22H,1-5H3. The van der Waals surface area contributed by atoms with E-state index in [0.29, 0.717) is 0 Å². The molecule has 6 heteroatoms. The summed E-state index contributed by atoms with van der Waals surface area (Å²) < 4.78 is 4.24. The average molecular weight is 413 g/mol. The van der Waals surface area contributed by atoms with Crippen LogP contribution in [0.25, 0.3) is 11.0 Å². The zero-order valence-electron chi connectivity index (χ0n) is 18.7. The smallest absolute Gasteiger partial charge is 0.210 e. The van der Waals surface area contributed by atoms with E-state index in [1.165, 1.54) is 0 Å². The molecule has 0 amide bonds. The lowest BCUT2D eigenvalue weighted by molar-refractivity contribution is 0.278. The van der Waals surface area contributed by atoms with Gasteiger partial charge in [0.25, 0.3) is 0 Å². The highest BCUT2D eigenvalue weighted by Crippen LogP contribution is 2.35. The molecule has 2 aromatic carbocycles. The van der Waals surface area contributed by atoms with Gasteiger partial charge in [0.2, 0.25) is 11.6 Å². The minimum Gasteiger partial charge on any atom is -0.336 e. The first-order valence-corrected chi connectivity index (χ1v) is 10.6. The Morgan fingerprint density at radius 1 is 0.774 bits per heavy atom.